The third-order valence-corrected chi connectivity index (χ3v) is 6.00. The molecule has 1 atom stereocenters. The lowest BCUT2D eigenvalue weighted by Gasteiger charge is -2.36. The van der Waals surface area contributed by atoms with Crippen LogP contribution in [0.3, 0.4) is 0 Å². The van der Waals surface area contributed by atoms with Crippen molar-refractivity contribution in [3.05, 3.63) is 0 Å². The van der Waals surface area contributed by atoms with E-state index in [4.69, 9.17) is 5.11 Å². The molecule has 0 aromatic rings. The summed E-state index contributed by atoms with van der Waals surface area (Å²) in [5, 5.41) is 7.48. The lowest BCUT2D eigenvalue weighted by molar-refractivity contribution is -0.136. The Kier molecular flexibility index (Phi) is 5.76. The van der Waals surface area contributed by atoms with Crippen molar-refractivity contribution in [3.8, 4) is 0 Å². The first-order valence-electron chi connectivity index (χ1n) is 6.72. The van der Waals surface area contributed by atoms with Gasteiger partial charge in [0.05, 0.1) is 0 Å². The van der Waals surface area contributed by atoms with Gasteiger partial charge in [0.25, 0.3) is 0 Å². The van der Waals surface area contributed by atoms with E-state index in [1.54, 1.807) is 0 Å². The smallest absolute Gasteiger partial charge is 0.323 e. The van der Waals surface area contributed by atoms with E-state index in [9.17, 15) is 13.2 Å². The third kappa shape index (κ3) is 3.90. The molecule has 1 unspecified atom stereocenters. The molecule has 1 N–H and O–H groups in total. The predicted molar refractivity (Wildman–Crippen MR) is 73.5 cm³/mol. The van der Waals surface area contributed by atoms with Crippen LogP contribution in [0.25, 0.3) is 0 Å². The maximum absolute atomic E-state index is 12.1. The molecule has 0 spiro atoms. The lowest BCUT2D eigenvalue weighted by Crippen LogP contribution is -2.49. The van der Waals surface area contributed by atoms with Gasteiger partial charge in [-0.1, -0.05) is 6.92 Å². The molecule has 112 valence electrons. The number of likely N-dealkylation sites (tertiary alicyclic amines) is 1. The van der Waals surface area contributed by atoms with Crippen LogP contribution >= 0.6 is 0 Å². The van der Waals surface area contributed by atoms with E-state index in [2.05, 4.69) is 11.8 Å². The van der Waals surface area contributed by atoms with Crippen molar-refractivity contribution in [2.45, 2.75) is 44.4 Å². The largest absolute Gasteiger partial charge is 0.480 e. The Hall–Kier alpha value is -0.660. The zero-order valence-electron chi connectivity index (χ0n) is 11.9. The molecule has 1 aliphatic heterocycles. The van der Waals surface area contributed by atoms with E-state index in [0.29, 0.717) is 0 Å². The fourth-order valence-corrected chi connectivity index (χ4v) is 3.79. The van der Waals surface area contributed by atoms with Gasteiger partial charge in [-0.05, 0) is 45.8 Å². The molecule has 0 aliphatic carbocycles. The number of hydrogen-bond acceptors (Lipinski definition) is 4. The van der Waals surface area contributed by atoms with Crippen molar-refractivity contribution in [2.24, 2.45) is 0 Å². The van der Waals surface area contributed by atoms with Gasteiger partial charge in [0.1, 0.15) is 0 Å². The first kappa shape index (κ1) is 16.4. The summed E-state index contributed by atoms with van der Waals surface area (Å²) < 4.78 is 25.5. The van der Waals surface area contributed by atoms with E-state index in [-0.39, 0.29) is 6.04 Å². The molecule has 1 aliphatic rings. The minimum absolute atomic E-state index is 0.0834. The second kappa shape index (κ2) is 6.67. The molecule has 0 radical (unpaired) electrons. The fraction of sp³-hybridized carbons (Fsp3) is 0.917. The SMILES string of the molecule is CCCN1CCC(N(C)S(=O)(=O)C(C)C(=O)O)CC1. The highest BCUT2D eigenvalue weighted by Crippen LogP contribution is 2.20. The highest BCUT2D eigenvalue weighted by atomic mass is 32.2. The molecule has 1 saturated heterocycles. The molecule has 0 aromatic heterocycles. The number of hydrogen-bond donors (Lipinski definition) is 1. The van der Waals surface area contributed by atoms with Crippen molar-refractivity contribution >= 4 is 16.0 Å². The van der Waals surface area contributed by atoms with Gasteiger partial charge in [-0.3, -0.25) is 4.79 Å². The van der Waals surface area contributed by atoms with Crippen molar-refractivity contribution in [2.75, 3.05) is 26.7 Å². The van der Waals surface area contributed by atoms with Gasteiger partial charge >= 0.3 is 5.97 Å². The van der Waals surface area contributed by atoms with Crippen LogP contribution in [0.4, 0.5) is 0 Å². The minimum atomic E-state index is -3.75. The van der Waals surface area contributed by atoms with Gasteiger partial charge in [0, 0.05) is 13.1 Å². The highest BCUT2D eigenvalue weighted by molar-refractivity contribution is 7.90. The number of carboxylic acids is 1. The molecule has 19 heavy (non-hydrogen) atoms. The molecule has 7 heteroatoms. The monoisotopic (exact) mass is 292 g/mol. The van der Waals surface area contributed by atoms with E-state index >= 15 is 0 Å². The molecule has 1 fully saturated rings. The number of sulfonamides is 1. The van der Waals surface area contributed by atoms with Crippen LogP contribution in [0.2, 0.25) is 0 Å². The van der Waals surface area contributed by atoms with Crippen LogP contribution in [-0.4, -0.2) is 66.7 Å². The van der Waals surface area contributed by atoms with Crippen LogP contribution in [0.5, 0.6) is 0 Å². The highest BCUT2D eigenvalue weighted by Gasteiger charge is 2.36. The van der Waals surface area contributed by atoms with Gasteiger partial charge in [0.15, 0.2) is 5.25 Å². The summed E-state index contributed by atoms with van der Waals surface area (Å²) in [4.78, 5) is 13.2. The van der Waals surface area contributed by atoms with E-state index in [1.807, 2.05) is 0 Å². The van der Waals surface area contributed by atoms with Crippen molar-refractivity contribution in [3.63, 3.8) is 0 Å². The Balaban J connectivity index is 2.65. The van der Waals surface area contributed by atoms with Crippen molar-refractivity contribution in [1.29, 1.82) is 0 Å². The van der Waals surface area contributed by atoms with E-state index in [0.717, 1.165) is 38.9 Å². The normalized spacial score (nSPS) is 20.6. The Labute approximate surface area is 115 Å². The number of carboxylic acid groups (broad SMARTS) is 1. The van der Waals surface area contributed by atoms with Crippen LogP contribution in [0.1, 0.15) is 33.1 Å². The summed E-state index contributed by atoms with van der Waals surface area (Å²) in [6.45, 7) is 6.13. The summed E-state index contributed by atoms with van der Waals surface area (Å²) in [5.41, 5.74) is 0. The van der Waals surface area contributed by atoms with Crippen LogP contribution < -0.4 is 0 Å². The molecular weight excluding hydrogens is 268 g/mol. The molecule has 0 aromatic carbocycles. The van der Waals surface area contributed by atoms with Crippen LogP contribution in [-0.2, 0) is 14.8 Å². The van der Waals surface area contributed by atoms with E-state index < -0.39 is 21.2 Å². The Morgan fingerprint density at radius 3 is 2.37 bits per heavy atom. The first-order valence-corrected chi connectivity index (χ1v) is 8.23. The molecule has 0 saturated carbocycles. The number of rotatable bonds is 6. The average Bonchev–Trinajstić information content (AvgIpc) is 2.38. The zero-order chi connectivity index (χ0) is 14.6. The number of carbonyl (C=O) groups is 1. The number of aliphatic carboxylic acids is 1. The number of nitrogens with zero attached hydrogens (tertiary/aromatic N) is 2. The van der Waals surface area contributed by atoms with Gasteiger partial charge in [-0.15, -0.1) is 0 Å². The summed E-state index contributed by atoms with van der Waals surface area (Å²) in [6.07, 6.45) is 2.62. The molecule has 0 amide bonds. The zero-order valence-corrected chi connectivity index (χ0v) is 12.7. The standard InChI is InChI=1S/C12H24N2O4S/c1-4-7-14-8-5-11(6-9-14)13(3)19(17,18)10(2)12(15)16/h10-11H,4-9H2,1-3H3,(H,15,16). The van der Waals surface area contributed by atoms with Gasteiger partial charge in [0.2, 0.25) is 10.0 Å². The summed E-state index contributed by atoms with van der Waals surface area (Å²) >= 11 is 0. The second-order valence-corrected chi connectivity index (χ2v) is 7.43. The summed E-state index contributed by atoms with van der Waals surface area (Å²) in [7, 11) is -2.26. The maximum atomic E-state index is 12.1. The molecule has 1 heterocycles. The first-order chi connectivity index (χ1) is 8.80. The van der Waals surface area contributed by atoms with Gasteiger partial charge < -0.3 is 10.0 Å². The second-order valence-electron chi connectivity index (χ2n) is 5.11. The van der Waals surface area contributed by atoms with Crippen LogP contribution in [0.15, 0.2) is 0 Å². The Bertz CT molecular complexity index is 402. The van der Waals surface area contributed by atoms with E-state index in [1.165, 1.54) is 18.3 Å². The summed E-state index contributed by atoms with van der Waals surface area (Å²) in [6, 6.07) is -0.0834. The predicted octanol–water partition coefficient (Wildman–Crippen LogP) is 0.596. The van der Waals surface area contributed by atoms with Crippen molar-refractivity contribution in [1.82, 2.24) is 9.21 Å². The molecule has 1 rings (SSSR count). The summed E-state index contributed by atoms with van der Waals surface area (Å²) in [5.74, 6) is -1.30. The third-order valence-electron chi connectivity index (χ3n) is 3.81. The topological polar surface area (TPSA) is 77.9 Å². The Morgan fingerprint density at radius 2 is 1.95 bits per heavy atom. The lowest BCUT2D eigenvalue weighted by atomic mass is 10.1. The minimum Gasteiger partial charge on any atom is -0.480 e. The maximum Gasteiger partial charge on any atom is 0.323 e. The van der Waals surface area contributed by atoms with Crippen molar-refractivity contribution < 1.29 is 18.3 Å². The molecular formula is C12H24N2O4S. The molecule has 0 bridgehead atoms. The fourth-order valence-electron chi connectivity index (χ4n) is 2.41. The Morgan fingerprint density at radius 1 is 1.42 bits per heavy atom. The number of piperidine rings is 1. The van der Waals surface area contributed by atoms with Gasteiger partial charge in [-0.2, -0.15) is 0 Å². The van der Waals surface area contributed by atoms with Crippen LogP contribution in [0, 0.1) is 0 Å². The van der Waals surface area contributed by atoms with Gasteiger partial charge in [-0.25, -0.2) is 12.7 Å². The average molecular weight is 292 g/mol. The molecule has 6 nitrogen and oxygen atoms in total. The quantitative estimate of drug-likeness (QED) is 0.775.